The quantitative estimate of drug-likeness (QED) is 0.741. The van der Waals surface area contributed by atoms with E-state index in [2.05, 4.69) is 42.1 Å². The molecule has 4 nitrogen and oxygen atoms in total. The fraction of sp³-hybridized carbons (Fsp3) is 0.214. The molecule has 5 N–H and O–H groups in total. The monoisotopic (exact) mass is 307 g/mol. The van der Waals surface area contributed by atoms with E-state index >= 15 is 0 Å². The molecule has 1 heterocycles. The lowest BCUT2D eigenvalue weighted by atomic mass is 9.92. The van der Waals surface area contributed by atoms with Crippen LogP contribution in [-0.4, -0.2) is 6.03 Å². The number of fused-ring (bicyclic) bond motifs is 1. The van der Waals surface area contributed by atoms with Gasteiger partial charge >= 0.3 is 6.03 Å². The molecular weight excluding hydrogens is 290 g/mol. The molecule has 1 aliphatic rings. The molecular formula is C14H17N3OS2. The van der Waals surface area contributed by atoms with Gasteiger partial charge in [0.1, 0.15) is 0 Å². The molecule has 1 saturated carbocycles. The van der Waals surface area contributed by atoms with Crippen molar-refractivity contribution in [3.8, 4) is 0 Å². The highest BCUT2D eigenvalue weighted by Crippen LogP contribution is 2.32. The van der Waals surface area contributed by atoms with E-state index in [1.54, 1.807) is 5.57 Å². The van der Waals surface area contributed by atoms with E-state index in [0.29, 0.717) is 12.1 Å². The Balaban J connectivity index is 0.000000212. The van der Waals surface area contributed by atoms with E-state index in [0.717, 1.165) is 0 Å². The number of hydrogen-bond acceptors (Lipinski definition) is 4. The van der Waals surface area contributed by atoms with Gasteiger partial charge in [0.15, 0.2) is 0 Å². The summed E-state index contributed by atoms with van der Waals surface area (Å²) in [7, 11) is 0. The summed E-state index contributed by atoms with van der Waals surface area (Å²) in [6.07, 6.45) is 6.38. The number of benzene rings is 1. The maximum Gasteiger partial charge on any atom is 0.323 e. The first kappa shape index (κ1) is 14.9. The fourth-order valence-corrected chi connectivity index (χ4v) is 3.03. The molecule has 0 bridgehead atoms. The predicted octanol–water partition coefficient (Wildman–Crippen LogP) is 3.65. The molecule has 1 aromatic heterocycles. The van der Waals surface area contributed by atoms with Crippen LogP contribution in [0.15, 0.2) is 35.9 Å². The normalized spacial score (nSPS) is 13.2. The van der Waals surface area contributed by atoms with Crippen LogP contribution in [0.2, 0.25) is 0 Å². The van der Waals surface area contributed by atoms with Gasteiger partial charge in [0.2, 0.25) is 0 Å². The van der Waals surface area contributed by atoms with Crippen molar-refractivity contribution in [3.63, 3.8) is 0 Å². The molecule has 20 heavy (non-hydrogen) atoms. The number of carbonyl (C=O) groups excluding carboxylic acids is 1. The van der Waals surface area contributed by atoms with Gasteiger partial charge in [0, 0.05) is 21.7 Å². The van der Waals surface area contributed by atoms with Crippen LogP contribution in [0, 0.1) is 0 Å². The van der Waals surface area contributed by atoms with Crippen molar-refractivity contribution < 1.29 is 4.79 Å². The minimum atomic E-state index is -0.623. The molecule has 1 fully saturated rings. The number of primary amides is 1. The molecule has 1 aromatic carbocycles. The summed E-state index contributed by atoms with van der Waals surface area (Å²) >= 11 is 2.58. The van der Waals surface area contributed by atoms with Crippen LogP contribution in [0.3, 0.4) is 0 Å². The zero-order valence-electron chi connectivity index (χ0n) is 11.0. The maximum atomic E-state index is 9.61. The van der Waals surface area contributed by atoms with E-state index in [1.165, 1.54) is 34.2 Å². The minimum absolute atomic E-state index is 0.623. The number of nitrogens with two attached hydrogens (primary N) is 2. The van der Waals surface area contributed by atoms with Crippen LogP contribution >= 0.6 is 23.5 Å². The Morgan fingerprint density at radius 1 is 1.35 bits per heavy atom. The molecule has 3 rings (SSSR count). The topological polar surface area (TPSA) is 81.1 Å². The van der Waals surface area contributed by atoms with Gasteiger partial charge in [-0.05, 0) is 42.9 Å². The molecule has 0 atom stereocenters. The Labute approximate surface area is 126 Å². The van der Waals surface area contributed by atoms with Crippen LogP contribution < -0.4 is 15.6 Å². The number of thiophene rings is 1. The highest BCUT2D eigenvalue weighted by Gasteiger charge is 2.08. The average Bonchev–Trinajstić information content (AvgIpc) is 2.77. The summed E-state index contributed by atoms with van der Waals surface area (Å²) < 4.78 is 3.44. The van der Waals surface area contributed by atoms with Gasteiger partial charge in [-0.1, -0.05) is 23.8 Å². The first-order valence-corrected chi connectivity index (χ1v) is 7.98. The molecule has 0 radical (unpaired) electrons. The van der Waals surface area contributed by atoms with E-state index < -0.39 is 6.03 Å². The van der Waals surface area contributed by atoms with E-state index in [1.807, 2.05) is 16.1 Å². The van der Waals surface area contributed by atoms with Gasteiger partial charge < -0.3 is 5.73 Å². The van der Waals surface area contributed by atoms with Gasteiger partial charge in [-0.15, -0.1) is 11.3 Å². The number of amides is 2. The van der Waals surface area contributed by atoms with Crippen LogP contribution in [0.5, 0.6) is 0 Å². The van der Waals surface area contributed by atoms with Gasteiger partial charge in [0.05, 0.1) is 0 Å². The lowest BCUT2D eigenvalue weighted by Crippen LogP contribution is -2.24. The summed E-state index contributed by atoms with van der Waals surface area (Å²) in [4.78, 5) is 11.0. The Kier molecular flexibility index (Phi) is 5.46. The molecule has 2 amide bonds. The number of carbonyl (C=O) groups is 1. The summed E-state index contributed by atoms with van der Waals surface area (Å²) in [6, 6.07) is 10.3. The van der Waals surface area contributed by atoms with Crippen molar-refractivity contribution in [1.82, 2.24) is 4.72 Å². The van der Waals surface area contributed by atoms with E-state index in [9.17, 15) is 4.79 Å². The van der Waals surface area contributed by atoms with Gasteiger partial charge in [-0.3, -0.25) is 9.86 Å². The summed E-state index contributed by atoms with van der Waals surface area (Å²) in [6.45, 7) is 0. The maximum absolute atomic E-state index is 9.61. The predicted molar refractivity (Wildman–Crippen MR) is 88.2 cm³/mol. The smallest absolute Gasteiger partial charge is 0.323 e. The second-order valence-electron chi connectivity index (χ2n) is 4.43. The molecule has 0 unspecified atom stereocenters. The molecule has 106 valence electrons. The van der Waals surface area contributed by atoms with Crippen molar-refractivity contribution in [2.45, 2.75) is 19.3 Å². The van der Waals surface area contributed by atoms with Crippen LogP contribution in [-0.2, 0) is 0 Å². The zero-order chi connectivity index (χ0) is 14.4. The van der Waals surface area contributed by atoms with Crippen molar-refractivity contribution >= 4 is 45.7 Å². The van der Waals surface area contributed by atoms with Crippen LogP contribution in [0.1, 0.15) is 24.1 Å². The first-order chi connectivity index (χ1) is 9.69. The lowest BCUT2D eigenvalue weighted by molar-refractivity contribution is 0.254. The van der Waals surface area contributed by atoms with E-state index in [-0.39, 0.29) is 0 Å². The van der Waals surface area contributed by atoms with Crippen molar-refractivity contribution in [3.05, 3.63) is 40.8 Å². The highest BCUT2D eigenvalue weighted by atomic mass is 32.2. The van der Waals surface area contributed by atoms with Crippen LogP contribution in [0.4, 0.5) is 4.79 Å². The highest BCUT2D eigenvalue weighted by molar-refractivity contribution is 7.95. The summed E-state index contributed by atoms with van der Waals surface area (Å²) in [5.74, 6) is 0. The Hall–Kier alpha value is -1.50. The standard InChI is InChI=1S/C13H12S.CH5N3OS/c1-2-7-13-11(6-1)9-12(14-13)8-10-4-3-5-10;2-1(5)4-6-3/h1-2,6-9H,3-5H2;3H2,(H3,2,4,5). The fourth-order valence-electron chi connectivity index (χ4n) is 1.86. The van der Waals surface area contributed by atoms with Gasteiger partial charge in [0.25, 0.3) is 0 Å². The number of nitrogens with one attached hydrogen (secondary N) is 1. The van der Waals surface area contributed by atoms with Gasteiger partial charge in [-0.2, -0.15) is 0 Å². The summed E-state index contributed by atoms with van der Waals surface area (Å²) in [5, 5.41) is 6.11. The third-order valence-electron chi connectivity index (χ3n) is 2.95. The Morgan fingerprint density at radius 3 is 2.60 bits per heavy atom. The third-order valence-corrected chi connectivity index (χ3v) is 4.33. The SMILES string of the molecule is C(=C1CCC1)c1cc2ccccc2s1.NSNC(N)=O. The second kappa shape index (κ2) is 7.33. The molecule has 0 aliphatic heterocycles. The number of rotatable bonds is 2. The summed E-state index contributed by atoms with van der Waals surface area (Å²) in [5.41, 5.74) is 6.17. The Bertz CT molecular complexity index is 583. The number of allylic oxidation sites excluding steroid dienone is 1. The minimum Gasteiger partial charge on any atom is -0.351 e. The van der Waals surface area contributed by atoms with Crippen LogP contribution in [0.25, 0.3) is 16.2 Å². The average molecular weight is 307 g/mol. The Morgan fingerprint density at radius 2 is 2.10 bits per heavy atom. The van der Waals surface area contributed by atoms with Gasteiger partial charge in [-0.25, -0.2) is 4.79 Å². The second-order valence-corrected chi connectivity index (χ2v) is 5.98. The first-order valence-electron chi connectivity index (χ1n) is 6.28. The number of urea groups is 1. The van der Waals surface area contributed by atoms with Crippen molar-refractivity contribution in [2.75, 3.05) is 0 Å². The third kappa shape index (κ3) is 4.26. The van der Waals surface area contributed by atoms with Crippen molar-refractivity contribution in [2.24, 2.45) is 10.9 Å². The molecule has 0 saturated heterocycles. The molecule has 6 heteroatoms. The zero-order valence-corrected chi connectivity index (χ0v) is 12.6. The van der Waals surface area contributed by atoms with E-state index in [4.69, 9.17) is 5.14 Å². The molecule has 2 aromatic rings. The molecule has 0 spiro atoms. The van der Waals surface area contributed by atoms with Crippen molar-refractivity contribution in [1.29, 1.82) is 0 Å². The lowest BCUT2D eigenvalue weighted by Gasteiger charge is -2.14. The largest absolute Gasteiger partial charge is 0.351 e. The molecule has 1 aliphatic carbocycles. The number of hydrogen-bond donors (Lipinski definition) is 3.